The Hall–Kier alpha value is -7.79. The van der Waals surface area contributed by atoms with Gasteiger partial charge in [-0.1, -0.05) is 194 Å². The highest BCUT2D eigenvalue weighted by Crippen LogP contribution is 2.46. The molecule has 12 aromatic rings. The molecule has 2 heterocycles. The fourth-order valence-corrected chi connectivity index (χ4v) is 10.1. The monoisotopic (exact) mass is 793 g/mol. The van der Waals surface area contributed by atoms with Gasteiger partial charge in [0.15, 0.2) is 17.5 Å². The van der Waals surface area contributed by atoms with Crippen LogP contribution in [0.15, 0.2) is 212 Å². The number of fused-ring (bicyclic) bond motifs is 7. The molecule has 61 heavy (non-hydrogen) atoms. The number of benzene rings is 10. The van der Waals surface area contributed by atoms with Gasteiger partial charge < -0.3 is 0 Å². The van der Waals surface area contributed by atoms with Crippen LogP contribution in [0, 0.1) is 0 Å². The van der Waals surface area contributed by atoms with Crippen molar-refractivity contribution in [2.75, 3.05) is 0 Å². The van der Waals surface area contributed by atoms with Gasteiger partial charge in [-0.3, -0.25) is 0 Å². The van der Waals surface area contributed by atoms with Gasteiger partial charge in [0.1, 0.15) is 0 Å². The van der Waals surface area contributed by atoms with E-state index in [4.69, 9.17) is 15.0 Å². The van der Waals surface area contributed by atoms with Crippen molar-refractivity contribution in [3.8, 4) is 67.5 Å². The molecule has 0 amide bonds. The zero-order valence-electron chi connectivity index (χ0n) is 33.0. The largest absolute Gasteiger partial charge is 0.208 e. The summed E-state index contributed by atoms with van der Waals surface area (Å²) in [6.45, 7) is 0. The lowest BCUT2D eigenvalue weighted by Crippen LogP contribution is -2.00. The van der Waals surface area contributed by atoms with Crippen LogP contribution in [0.3, 0.4) is 0 Å². The van der Waals surface area contributed by atoms with E-state index in [1.165, 1.54) is 69.5 Å². The van der Waals surface area contributed by atoms with Crippen LogP contribution < -0.4 is 0 Å². The van der Waals surface area contributed by atoms with Crippen LogP contribution in [0.25, 0.3) is 120 Å². The molecule has 0 radical (unpaired) electrons. The molecule has 0 fully saturated rings. The van der Waals surface area contributed by atoms with Crippen molar-refractivity contribution in [3.63, 3.8) is 0 Å². The van der Waals surface area contributed by atoms with Gasteiger partial charge in [0, 0.05) is 36.9 Å². The zero-order chi connectivity index (χ0) is 40.3. The third-order valence-corrected chi connectivity index (χ3v) is 13.1. The van der Waals surface area contributed by atoms with E-state index in [2.05, 4.69) is 206 Å². The summed E-state index contributed by atoms with van der Waals surface area (Å²) in [6.07, 6.45) is 0. The van der Waals surface area contributed by atoms with Crippen LogP contribution in [0.2, 0.25) is 0 Å². The van der Waals surface area contributed by atoms with Crippen molar-refractivity contribution >= 4 is 63.8 Å². The molecule has 0 saturated carbocycles. The van der Waals surface area contributed by atoms with Gasteiger partial charge in [0.25, 0.3) is 0 Å². The molecule has 0 saturated heterocycles. The average Bonchev–Trinajstić information content (AvgIpc) is 3.73. The fraction of sp³-hybridized carbons (Fsp3) is 0. The smallest absolute Gasteiger partial charge is 0.164 e. The van der Waals surface area contributed by atoms with Gasteiger partial charge in [0.2, 0.25) is 0 Å². The Morgan fingerprint density at radius 1 is 0.279 bits per heavy atom. The summed E-state index contributed by atoms with van der Waals surface area (Å²) >= 11 is 1.84. The Kier molecular flexibility index (Phi) is 8.36. The molecule has 3 nitrogen and oxygen atoms in total. The zero-order valence-corrected chi connectivity index (χ0v) is 33.8. The summed E-state index contributed by atoms with van der Waals surface area (Å²) in [4.78, 5) is 15.7. The summed E-state index contributed by atoms with van der Waals surface area (Å²) in [5.74, 6) is 1.94. The minimum atomic E-state index is 0.641. The molecule has 12 rings (SSSR count). The SMILES string of the molecule is c1ccc(-c2ccc(-c3nc(-c4ccc5ccccc5c4)nc(-c4cc5sc6c(-c7ccc(-c8ccc9ccccc9c8)cc7)cccc6c5c5ccccc45)n3)cc2)cc1. The predicted molar refractivity (Wildman–Crippen MR) is 258 cm³/mol. The minimum absolute atomic E-state index is 0.641. The van der Waals surface area contributed by atoms with E-state index in [0.29, 0.717) is 17.5 Å². The fourth-order valence-electron chi connectivity index (χ4n) is 8.81. The molecule has 284 valence electrons. The summed E-state index contributed by atoms with van der Waals surface area (Å²) < 4.78 is 2.47. The summed E-state index contributed by atoms with van der Waals surface area (Å²) in [5.41, 5.74) is 10.1. The van der Waals surface area contributed by atoms with Gasteiger partial charge in [0.05, 0.1) is 0 Å². The van der Waals surface area contributed by atoms with E-state index >= 15 is 0 Å². The van der Waals surface area contributed by atoms with E-state index in [0.717, 1.165) is 33.0 Å². The van der Waals surface area contributed by atoms with E-state index in [1.54, 1.807) is 0 Å². The third-order valence-electron chi connectivity index (χ3n) is 11.9. The Bertz CT molecular complexity index is 3630. The third kappa shape index (κ3) is 6.24. The highest BCUT2D eigenvalue weighted by atomic mass is 32.1. The minimum Gasteiger partial charge on any atom is -0.208 e. The molecule has 2 aromatic heterocycles. The molecule has 0 spiro atoms. The first kappa shape index (κ1) is 35.2. The van der Waals surface area contributed by atoms with Crippen molar-refractivity contribution in [2.45, 2.75) is 0 Å². The topological polar surface area (TPSA) is 38.7 Å². The molecular formula is C57H35N3S. The molecule has 4 heteroatoms. The van der Waals surface area contributed by atoms with E-state index in [9.17, 15) is 0 Å². The average molecular weight is 794 g/mol. The van der Waals surface area contributed by atoms with E-state index < -0.39 is 0 Å². The number of hydrogen-bond donors (Lipinski definition) is 0. The van der Waals surface area contributed by atoms with E-state index in [1.807, 2.05) is 17.4 Å². The first-order valence-electron chi connectivity index (χ1n) is 20.6. The van der Waals surface area contributed by atoms with Gasteiger partial charge in [-0.05, 0) is 83.9 Å². The Morgan fingerprint density at radius 3 is 1.49 bits per heavy atom. The molecule has 0 unspecified atom stereocenters. The van der Waals surface area contributed by atoms with Gasteiger partial charge >= 0.3 is 0 Å². The first-order valence-corrected chi connectivity index (χ1v) is 21.4. The van der Waals surface area contributed by atoms with Crippen LogP contribution >= 0.6 is 11.3 Å². The number of nitrogens with zero attached hydrogens (tertiary/aromatic N) is 3. The van der Waals surface area contributed by atoms with Crippen molar-refractivity contribution in [2.24, 2.45) is 0 Å². The molecule has 0 aliphatic rings. The maximum absolute atomic E-state index is 5.28. The van der Waals surface area contributed by atoms with Crippen molar-refractivity contribution in [1.29, 1.82) is 0 Å². The quantitative estimate of drug-likeness (QED) is 0.168. The normalized spacial score (nSPS) is 11.6. The van der Waals surface area contributed by atoms with Crippen molar-refractivity contribution in [3.05, 3.63) is 212 Å². The van der Waals surface area contributed by atoms with Crippen LogP contribution in [0.5, 0.6) is 0 Å². The van der Waals surface area contributed by atoms with E-state index in [-0.39, 0.29) is 0 Å². The Morgan fingerprint density at radius 2 is 0.770 bits per heavy atom. The summed E-state index contributed by atoms with van der Waals surface area (Å²) in [5, 5.41) is 9.64. The number of aromatic nitrogens is 3. The summed E-state index contributed by atoms with van der Waals surface area (Å²) in [7, 11) is 0. The van der Waals surface area contributed by atoms with Gasteiger partial charge in [-0.25, -0.2) is 15.0 Å². The highest BCUT2D eigenvalue weighted by Gasteiger charge is 2.20. The Balaban J connectivity index is 1.01. The molecule has 0 aliphatic carbocycles. The van der Waals surface area contributed by atoms with Crippen LogP contribution in [-0.2, 0) is 0 Å². The molecule has 0 N–H and O–H groups in total. The van der Waals surface area contributed by atoms with Crippen molar-refractivity contribution < 1.29 is 0 Å². The maximum Gasteiger partial charge on any atom is 0.164 e. The van der Waals surface area contributed by atoms with Gasteiger partial charge in [-0.2, -0.15) is 0 Å². The lowest BCUT2D eigenvalue weighted by molar-refractivity contribution is 1.08. The van der Waals surface area contributed by atoms with Crippen molar-refractivity contribution in [1.82, 2.24) is 15.0 Å². The summed E-state index contributed by atoms with van der Waals surface area (Å²) in [6, 6.07) is 75.8. The first-order chi connectivity index (χ1) is 30.2. The predicted octanol–water partition coefficient (Wildman–Crippen LogP) is 15.7. The second kappa shape index (κ2) is 14.5. The second-order valence-electron chi connectivity index (χ2n) is 15.6. The number of hydrogen-bond acceptors (Lipinski definition) is 4. The van der Waals surface area contributed by atoms with Gasteiger partial charge in [-0.15, -0.1) is 11.3 Å². The number of rotatable bonds is 6. The molecule has 10 aromatic carbocycles. The standard InChI is InChI=1S/C57H35N3S/c1-2-11-36(12-3-1)39-23-29-42(30-24-39)55-58-56(46-32-26-38-14-5-7-16-44(38)34-46)60-57(59-55)51-35-52-53(49-18-9-8-17-48(49)51)50-20-10-19-47(54(50)61-52)41-27-21-40(22-28-41)45-31-25-37-13-4-6-15-43(37)33-45/h1-35H. The van der Waals surface area contributed by atoms with Crippen LogP contribution in [0.1, 0.15) is 0 Å². The molecular weight excluding hydrogens is 759 g/mol. The van der Waals surface area contributed by atoms with Crippen LogP contribution in [-0.4, -0.2) is 15.0 Å². The number of thiophene rings is 1. The lowest BCUT2D eigenvalue weighted by Gasteiger charge is -2.12. The molecule has 0 bridgehead atoms. The molecule has 0 atom stereocenters. The highest BCUT2D eigenvalue weighted by molar-refractivity contribution is 7.26. The lowest BCUT2D eigenvalue weighted by atomic mass is 9.96. The van der Waals surface area contributed by atoms with Crippen LogP contribution in [0.4, 0.5) is 0 Å². The Labute approximate surface area is 356 Å². The molecule has 0 aliphatic heterocycles. The second-order valence-corrected chi connectivity index (χ2v) is 16.6. The maximum atomic E-state index is 5.28.